The van der Waals surface area contributed by atoms with Crippen LogP contribution in [0, 0.1) is 22.7 Å². The Morgan fingerprint density at radius 2 is 2.07 bits per heavy atom. The first-order chi connectivity index (χ1) is 12.7. The molecule has 0 aliphatic heterocycles. The molecule has 0 saturated heterocycles. The van der Waals surface area contributed by atoms with Crippen LogP contribution in [0.3, 0.4) is 0 Å². The highest BCUT2D eigenvalue weighted by molar-refractivity contribution is 6.30. The van der Waals surface area contributed by atoms with Crippen molar-refractivity contribution in [2.75, 3.05) is 0 Å². The van der Waals surface area contributed by atoms with Crippen LogP contribution in [0.1, 0.15) is 38.4 Å². The Labute approximate surface area is 164 Å². The average molecular weight is 380 g/mol. The van der Waals surface area contributed by atoms with Crippen LogP contribution in [0.4, 0.5) is 0 Å². The van der Waals surface area contributed by atoms with Crippen molar-refractivity contribution in [2.24, 2.45) is 18.4 Å². The van der Waals surface area contributed by atoms with Crippen molar-refractivity contribution in [3.63, 3.8) is 0 Å². The molecule has 1 aromatic heterocycles. The molecule has 1 heterocycles. The summed E-state index contributed by atoms with van der Waals surface area (Å²) in [6, 6.07) is 9.93. The van der Waals surface area contributed by atoms with Gasteiger partial charge in [-0.25, -0.2) is 0 Å². The van der Waals surface area contributed by atoms with Gasteiger partial charge in [0.15, 0.2) is 5.78 Å². The predicted molar refractivity (Wildman–Crippen MR) is 105 cm³/mol. The van der Waals surface area contributed by atoms with Crippen molar-refractivity contribution < 1.29 is 4.79 Å². The number of carbonyl (C=O) groups excluding carboxylic acids is 1. The summed E-state index contributed by atoms with van der Waals surface area (Å²) in [4.78, 5) is 12.8. The lowest BCUT2D eigenvalue weighted by atomic mass is 9.52. The Kier molecular flexibility index (Phi) is 3.87. The molecule has 0 N–H and O–H groups in total. The highest BCUT2D eigenvalue weighted by Crippen LogP contribution is 2.55. The van der Waals surface area contributed by atoms with Crippen molar-refractivity contribution in [2.45, 2.75) is 39.0 Å². The Morgan fingerprint density at radius 1 is 1.33 bits per heavy atom. The number of nitrogens with zero attached hydrogens (tertiary/aromatic N) is 3. The van der Waals surface area contributed by atoms with E-state index in [-0.39, 0.29) is 17.3 Å². The number of allylic oxidation sites excluding steroid dienone is 2. The summed E-state index contributed by atoms with van der Waals surface area (Å²) in [5.74, 6) is 0.0612. The quantitative estimate of drug-likeness (QED) is 0.726. The third kappa shape index (κ3) is 2.41. The van der Waals surface area contributed by atoms with Gasteiger partial charge in [0.05, 0.1) is 17.0 Å². The standard InChI is InChI=1S/C22H22ClN3O/c1-21(2)17-9-8-16-18(13-6-5-7-15(23)10-13)26(4)25-19(16)22(17,3)11-14(12-24)20(21)27/h5-7,10-11,17H,8-9H2,1-4H3/t17-,22-/m0/s1. The maximum atomic E-state index is 12.8. The van der Waals surface area contributed by atoms with Crippen molar-refractivity contribution in [1.29, 1.82) is 5.26 Å². The van der Waals surface area contributed by atoms with Gasteiger partial charge in [-0.3, -0.25) is 9.48 Å². The van der Waals surface area contributed by atoms with Crippen LogP contribution in [-0.4, -0.2) is 15.6 Å². The third-order valence-electron chi connectivity index (χ3n) is 6.43. The van der Waals surface area contributed by atoms with Gasteiger partial charge in [-0.1, -0.05) is 50.6 Å². The summed E-state index contributed by atoms with van der Waals surface area (Å²) in [6.07, 6.45) is 3.60. The number of hydrogen-bond donors (Lipinski definition) is 0. The molecule has 27 heavy (non-hydrogen) atoms. The Hall–Kier alpha value is -2.38. The zero-order valence-electron chi connectivity index (χ0n) is 16.0. The second kappa shape index (κ2) is 5.81. The highest BCUT2D eigenvalue weighted by Gasteiger charge is 2.55. The summed E-state index contributed by atoms with van der Waals surface area (Å²) >= 11 is 6.21. The van der Waals surface area contributed by atoms with Crippen LogP contribution in [0.5, 0.6) is 0 Å². The summed E-state index contributed by atoms with van der Waals surface area (Å²) in [6.45, 7) is 6.05. The van der Waals surface area contributed by atoms with E-state index in [9.17, 15) is 10.1 Å². The van der Waals surface area contributed by atoms with Crippen molar-refractivity contribution in [3.05, 3.63) is 52.2 Å². The third-order valence-corrected chi connectivity index (χ3v) is 6.66. The monoisotopic (exact) mass is 379 g/mol. The molecule has 0 spiro atoms. The molecule has 1 aromatic carbocycles. The van der Waals surface area contributed by atoms with Crippen LogP contribution in [0.25, 0.3) is 11.3 Å². The minimum absolute atomic E-state index is 0.0538. The molecule has 0 unspecified atom stereocenters. The molecule has 2 aliphatic carbocycles. The summed E-state index contributed by atoms with van der Waals surface area (Å²) < 4.78 is 1.91. The van der Waals surface area contributed by atoms with Gasteiger partial charge < -0.3 is 0 Å². The van der Waals surface area contributed by atoms with E-state index in [0.29, 0.717) is 5.02 Å². The van der Waals surface area contributed by atoms with E-state index < -0.39 is 10.8 Å². The fourth-order valence-corrected chi connectivity index (χ4v) is 5.41. The molecule has 4 rings (SSSR count). The minimum Gasteiger partial charge on any atom is -0.293 e. The summed E-state index contributed by atoms with van der Waals surface area (Å²) in [7, 11) is 1.95. The molecule has 0 saturated carbocycles. The molecule has 0 fully saturated rings. The first-order valence-corrected chi connectivity index (χ1v) is 9.58. The zero-order valence-corrected chi connectivity index (χ0v) is 16.8. The number of aryl methyl sites for hydroxylation is 1. The van der Waals surface area contributed by atoms with E-state index in [2.05, 4.69) is 13.0 Å². The van der Waals surface area contributed by atoms with Gasteiger partial charge in [-0.05, 0) is 30.9 Å². The lowest BCUT2D eigenvalue weighted by Gasteiger charge is -2.49. The number of ketones is 1. The second-order valence-electron chi connectivity index (χ2n) is 8.40. The Morgan fingerprint density at radius 3 is 2.74 bits per heavy atom. The topological polar surface area (TPSA) is 58.7 Å². The number of carbonyl (C=O) groups is 1. The molecule has 2 atom stereocenters. The van der Waals surface area contributed by atoms with E-state index in [1.54, 1.807) is 0 Å². The average Bonchev–Trinajstić information content (AvgIpc) is 2.96. The van der Waals surface area contributed by atoms with Gasteiger partial charge in [-0.15, -0.1) is 0 Å². The molecule has 4 nitrogen and oxygen atoms in total. The normalized spacial score (nSPS) is 26.0. The molecule has 138 valence electrons. The SMILES string of the molecule is Cn1nc2c(c1-c1cccc(Cl)c1)CC[C@H]1C(C)(C)C(=O)C(C#N)=C[C@]21C. The molecule has 2 aromatic rings. The second-order valence-corrected chi connectivity index (χ2v) is 8.84. The number of aromatic nitrogens is 2. The minimum atomic E-state index is -0.583. The van der Waals surface area contributed by atoms with Crippen LogP contribution in [-0.2, 0) is 23.7 Å². The molecular formula is C22H22ClN3O. The highest BCUT2D eigenvalue weighted by atomic mass is 35.5. The van der Waals surface area contributed by atoms with E-state index >= 15 is 0 Å². The first-order valence-electron chi connectivity index (χ1n) is 9.20. The molecule has 0 bridgehead atoms. The van der Waals surface area contributed by atoms with Gasteiger partial charge in [0.2, 0.25) is 0 Å². The fraction of sp³-hybridized carbons (Fsp3) is 0.409. The Balaban J connectivity index is 1.96. The van der Waals surface area contributed by atoms with Crippen molar-refractivity contribution in [1.82, 2.24) is 9.78 Å². The number of rotatable bonds is 1. The smallest absolute Gasteiger partial charge is 0.178 e. The number of hydrogen-bond acceptors (Lipinski definition) is 3. The molecule has 5 heteroatoms. The number of halogens is 1. The number of nitriles is 1. The molecule has 0 radical (unpaired) electrons. The van der Waals surface area contributed by atoms with E-state index in [1.807, 2.05) is 55.9 Å². The van der Waals surface area contributed by atoms with Gasteiger partial charge >= 0.3 is 0 Å². The number of fused-ring (bicyclic) bond motifs is 3. The lowest BCUT2D eigenvalue weighted by Crippen LogP contribution is -2.51. The number of Topliss-reactive ketones (excluding diaryl/α,β-unsaturated/α-hetero) is 1. The maximum absolute atomic E-state index is 12.8. The largest absolute Gasteiger partial charge is 0.293 e. The van der Waals surface area contributed by atoms with Crippen LogP contribution < -0.4 is 0 Å². The van der Waals surface area contributed by atoms with Gasteiger partial charge in [0, 0.05) is 34.0 Å². The molecule has 0 amide bonds. The van der Waals surface area contributed by atoms with Crippen molar-refractivity contribution >= 4 is 17.4 Å². The Bertz CT molecular complexity index is 1040. The van der Waals surface area contributed by atoms with E-state index in [4.69, 9.17) is 16.7 Å². The van der Waals surface area contributed by atoms with Crippen LogP contribution in [0.15, 0.2) is 35.9 Å². The predicted octanol–water partition coefficient (Wildman–Crippen LogP) is 4.62. The van der Waals surface area contributed by atoms with Gasteiger partial charge in [-0.2, -0.15) is 10.4 Å². The van der Waals surface area contributed by atoms with Crippen LogP contribution >= 0.6 is 11.6 Å². The summed E-state index contributed by atoms with van der Waals surface area (Å²) in [5, 5.41) is 15.1. The fourth-order valence-electron chi connectivity index (χ4n) is 5.22. The van der Waals surface area contributed by atoms with Crippen molar-refractivity contribution in [3.8, 4) is 17.3 Å². The van der Waals surface area contributed by atoms with E-state index in [0.717, 1.165) is 29.8 Å². The summed E-state index contributed by atoms with van der Waals surface area (Å²) in [5.41, 5.74) is 3.50. The maximum Gasteiger partial charge on any atom is 0.178 e. The first kappa shape index (κ1) is 18.0. The van der Waals surface area contributed by atoms with Gasteiger partial charge in [0.25, 0.3) is 0 Å². The molecule has 2 aliphatic rings. The zero-order chi connectivity index (χ0) is 19.6. The van der Waals surface area contributed by atoms with E-state index in [1.165, 1.54) is 5.56 Å². The number of benzene rings is 1. The lowest BCUT2D eigenvalue weighted by molar-refractivity contribution is -0.128. The molecular weight excluding hydrogens is 358 g/mol. The van der Waals surface area contributed by atoms with Crippen LogP contribution in [0.2, 0.25) is 5.02 Å². The van der Waals surface area contributed by atoms with Gasteiger partial charge in [0.1, 0.15) is 6.07 Å².